The molecule has 0 aliphatic carbocycles. The van der Waals surface area contributed by atoms with Crippen LogP contribution in [0.4, 0.5) is 0 Å². The van der Waals surface area contributed by atoms with E-state index < -0.39 is 0 Å². The van der Waals surface area contributed by atoms with Crippen molar-refractivity contribution in [1.29, 1.82) is 0 Å². The first-order chi connectivity index (χ1) is 7.75. The molecule has 0 fully saturated rings. The number of halogens is 1. The third kappa shape index (κ3) is 1.44. The number of rotatable bonds is 1. The van der Waals surface area contributed by atoms with Crippen molar-refractivity contribution in [2.24, 2.45) is 0 Å². The molecule has 0 atom stereocenters. The largest absolute Gasteiger partial charge is 0.346 e. The minimum atomic E-state index is 0.703. The van der Waals surface area contributed by atoms with E-state index in [1.54, 1.807) is 17.5 Å². The lowest BCUT2D eigenvalue weighted by atomic mass is 10.1. The highest BCUT2D eigenvalue weighted by molar-refractivity contribution is 7.15. The van der Waals surface area contributed by atoms with Gasteiger partial charge in [0.1, 0.15) is 5.65 Å². The van der Waals surface area contributed by atoms with Crippen LogP contribution in [0.25, 0.3) is 21.5 Å². The van der Waals surface area contributed by atoms with E-state index in [1.807, 2.05) is 12.3 Å². The van der Waals surface area contributed by atoms with Gasteiger partial charge < -0.3 is 4.98 Å². The van der Waals surface area contributed by atoms with E-state index >= 15 is 0 Å². The fourth-order valence-corrected chi connectivity index (χ4v) is 3.05. The molecule has 2 nitrogen and oxygen atoms in total. The third-order valence-corrected chi connectivity index (χ3v) is 3.83. The number of pyridine rings is 1. The molecule has 0 aromatic carbocycles. The molecule has 3 aromatic heterocycles. The molecule has 1 N–H and O–H groups in total. The van der Waals surface area contributed by atoms with Crippen LogP contribution in [0.3, 0.4) is 0 Å². The number of H-pyrrole nitrogens is 1. The molecule has 0 unspecified atom stereocenters. The number of hydrogen-bond donors (Lipinski definition) is 1. The average molecular weight is 249 g/mol. The summed E-state index contributed by atoms with van der Waals surface area (Å²) in [4.78, 5) is 9.82. The van der Waals surface area contributed by atoms with Crippen LogP contribution in [0.1, 0.15) is 4.88 Å². The molecule has 0 bridgehead atoms. The molecule has 16 heavy (non-hydrogen) atoms. The third-order valence-electron chi connectivity index (χ3n) is 2.53. The van der Waals surface area contributed by atoms with Crippen LogP contribution in [-0.2, 0) is 0 Å². The number of hydrogen-bond acceptors (Lipinski definition) is 2. The number of aromatic amines is 1. The zero-order valence-corrected chi connectivity index (χ0v) is 10.2. The molecule has 3 rings (SSSR count). The zero-order chi connectivity index (χ0) is 11.1. The van der Waals surface area contributed by atoms with Gasteiger partial charge in [-0.1, -0.05) is 11.6 Å². The van der Waals surface area contributed by atoms with Crippen LogP contribution in [0.2, 0.25) is 5.02 Å². The second-order valence-electron chi connectivity index (χ2n) is 3.63. The van der Waals surface area contributed by atoms with Crippen molar-refractivity contribution < 1.29 is 0 Å². The molecule has 3 aromatic rings. The minimum absolute atomic E-state index is 0.703. The van der Waals surface area contributed by atoms with E-state index in [4.69, 9.17) is 11.6 Å². The van der Waals surface area contributed by atoms with Gasteiger partial charge in [-0.25, -0.2) is 4.98 Å². The Balaban J connectivity index is 2.36. The maximum atomic E-state index is 6.23. The molecular weight excluding hydrogens is 240 g/mol. The number of nitrogens with zero attached hydrogens (tertiary/aromatic N) is 1. The normalized spacial score (nSPS) is 11.1. The monoisotopic (exact) mass is 248 g/mol. The summed E-state index contributed by atoms with van der Waals surface area (Å²) in [6.45, 7) is 2.09. The summed E-state index contributed by atoms with van der Waals surface area (Å²) in [6.07, 6.45) is 3.59. The lowest BCUT2D eigenvalue weighted by Crippen LogP contribution is -1.81. The summed E-state index contributed by atoms with van der Waals surface area (Å²) in [5.74, 6) is 0. The van der Waals surface area contributed by atoms with Crippen molar-refractivity contribution in [2.75, 3.05) is 0 Å². The van der Waals surface area contributed by atoms with Gasteiger partial charge in [0, 0.05) is 33.1 Å². The van der Waals surface area contributed by atoms with Crippen LogP contribution < -0.4 is 0 Å². The van der Waals surface area contributed by atoms with Crippen LogP contribution in [-0.4, -0.2) is 9.97 Å². The summed E-state index contributed by atoms with van der Waals surface area (Å²) >= 11 is 7.98. The molecule has 0 aliphatic rings. The van der Waals surface area contributed by atoms with Gasteiger partial charge in [0.2, 0.25) is 0 Å². The predicted molar refractivity (Wildman–Crippen MR) is 69.2 cm³/mol. The summed E-state index contributed by atoms with van der Waals surface area (Å²) in [6, 6.07) is 6.22. The number of aryl methyl sites for hydroxylation is 1. The van der Waals surface area contributed by atoms with Crippen LogP contribution in [0.5, 0.6) is 0 Å². The summed E-state index contributed by atoms with van der Waals surface area (Å²) < 4.78 is 0. The Morgan fingerprint density at radius 3 is 2.94 bits per heavy atom. The first kappa shape index (κ1) is 9.87. The van der Waals surface area contributed by atoms with Crippen LogP contribution in [0.15, 0.2) is 30.6 Å². The van der Waals surface area contributed by atoms with Gasteiger partial charge >= 0.3 is 0 Å². The molecular formula is C12H9ClN2S. The Morgan fingerprint density at radius 1 is 1.31 bits per heavy atom. The van der Waals surface area contributed by atoms with Crippen molar-refractivity contribution >= 4 is 34.0 Å². The average Bonchev–Trinajstić information content (AvgIpc) is 2.86. The van der Waals surface area contributed by atoms with Crippen LogP contribution in [0, 0.1) is 6.92 Å². The number of aromatic nitrogens is 2. The van der Waals surface area contributed by atoms with E-state index in [0.717, 1.165) is 16.6 Å². The lowest BCUT2D eigenvalue weighted by molar-refractivity contribution is 1.33. The summed E-state index contributed by atoms with van der Waals surface area (Å²) in [7, 11) is 0. The number of nitrogens with one attached hydrogen (secondary N) is 1. The maximum Gasteiger partial charge on any atom is 0.137 e. The number of thiophene rings is 1. The quantitative estimate of drug-likeness (QED) is 0.685. The second-order valence-corrected chi connectivity index (χ2v) is 5.33. The van der Waals surface area contributed by atoms with Crippen molar-refractivity contribution in [1.82, 2.24) is 9.97 Å². The highest BCUT2D eigenvalue weighted by atomic mass is 35.5. The Hall–Kier alpha value is -1.32. The number of fused-ring (bicyclic) bond motifs is 1. The van der Waals surface area contributed by atoms with Gasteiger partial charge in [0.05, 0.1) is 5.02 Å². The SMILES string of the molecule is Cc1ccc(-c2c(Cl)cnc3[nH]ccc23)s1. The van der Waals surface area contributed by atoms with Gasteiger partial charge in [-0.05, 0) is 25.1 Å². The van der Waals surface area contributed by atoms with Crippen molar-refractivity contribution in [2.45, 2.75) is 6.92 Å². The van der Waals surface area contributed by atoms with E-state index in [2.05, 4.69) is 29.0 Å². The Labute approximate surface area is 102 Å². The molecule has 0 saturated carbocycles. The lowest BCUT2D eigenvalue weighted by Gasteiger charge is -2.02. The molecule has 0 radical (unpaired) electrons. The van der Waals surface area contributed by atoms with E-state index in [1.165, 1.54) is 9.75 Å². The van der Waals surface area contributed by atoms with Gasteiger partial charge in [0.25, 0.3) is 0 Å². The maximum absolute atomic E-state index is 6.23. The van der Waals surface area contributed by atoms with E-state index in [-0.39, 0.29) is 0 Å². The van der Waals surface area contributed by atoms with E-state index in [9.17, 15) is 0 Å². The molecule has 0 amide bonds. The smallest absolute Gasteiger partial charge is 0.137 e. The Kier molecular flexibility index (Phi) is 2.23. The zero-order valence-electron chi connectivity index (χ0n) is 8.62. The fraction of sp³-hybridized carbons (Fsp3) is 0.0833. The van der Waals surface area contributed by atoms with Crippen molar-refractivity contribution in [3.63, 3.8) is 0 Å². The van der Waals surface area contributed by atoms with Crippen molar-refractivity contribution in [3.05, 3.63) is 40.5 Å². The van der Waals surface area contributed by atoms with Gasteiger partial charge in [0.15, 0.2) is 0 Å². The van der Waals surface area contributed by atoms with Gasteiger partial charge in [-0.15, -0.1) is 11.3 Å². The van der Waals surface area contributed by atoms with Crippen molar-refractivity contribution in [3.8, 4) is 10.4 Å². The minimum Gasteiger partial charge on any atom is -0.346 e. The van der Waals surface area contributed by atoms with Crippen LogP contribution >= 0.6 is 22.9 Å². The highest BCUT2D eigenvalue weighted by Gasteiger charge is 2.11. The molecule has 0 aliphatic heterocycles. The summed E-state index contributed by atoms with van der Waals surface area (Å²) in [5, 5.41) is 1.78. The highest BCUT2D eigenvalue weighted by Crippen LogP contribution is 2.37. The topological polar surface area (TPSA) is 28.7 Å². The van der Waals surface area contributed by atoms with Gasteiger partial charge in [-0.3, -0.25) is 0 Å². The Bertz CT molecular complexity index is 654. The standard InChI is InChI=1S/C12H9ClN2S/c1-7-2-3-10(16-7)11-8-4-5-14-12(8)15-6-9(11)13/h2-6H,1H3,(H,14,15). The first-order valence-electron chi connectivity index (χ1n) is 4.94. The Morgan fingerprint density at radius 2 is 2.19 bits per heavy atom. The molecule has 80 valence electrons. The molecule has 0 saturated heterocycles. The molecule has 4 heteroatoms. The second kappa shape index (κ2) is 3.61. The molecule has 0 spiro atoms. The molecule has 3 heterocycles. The summed E-state index contributed by atoms with van der Waals surface area (Å²) in [5.41, 5.74) is 1.96. The predicted octanol–water partition coefficient (Wildman–Crippen LogP) is 4.25. The first-order valence-corrected chi connectivity index (χ1v) is 6.13. The fourth-order valence-electron chi connectivity index (χ4n) is 1.80. The van der Waals surface area contributed by atoms with Gasteiger partial charge in [-0.2, -0.15) is 0 Å². The van der Waals surface area contributed by atoms with E-state index in [0.29, 0.717) is 5.02 Å².